The molecule has 0 radical (unpaired) electrons. The molecule has 8 heteroatoms. The van der Waals surface area contributed by atoms with Crippen molar-refractivity contribution < 1.29 is 19.1 Å². The van der Waals surface area contributed by atoms with Crippen LogP contribution in [0.4, 0.5) is 0 Å². The van der Waals surface area contributed by atoms with Gasteiger partial charge in [-0.2, -0.15) is 11.3 Å². The van der Waals surface area contributed by atoms with Crippen molar-refractivity contribution in [3.05, 3.63) is 57.6 Å². The minimum Gasteiger partial charge on any atom is -0.454 e. The first-order chi connectivity index (χ1) is 13.7. The van der Waals surface area contributed by atoms with E-state index in [1.54, 1.807) is 34.8 Å². The van der Waals surface area contributed by atoms with Gasteiger partial charge in [0.2, 0.25) is 6.79 Å². The third-order valence-electron chi connectivity index (χ3n) is 4.22. The number of rotatable bonds is 6. The maximum atomic E-state index is 12.0. The van der Waals surface area contributed by atoms with Gasteiger partial charge in [-0.1, -0.05) is 6.07 Å². The number of thiophene rings is 2. The molecule has 0 bridgehead atoms. The van der Waals surface area contributed by atoms with Gasteiger partial charge >= 0.3 is 11.8 Å². The molecule has 3 heterocycles. The van der Waals surface area contributed by atoms with Crippen LogP contribution in [0, 0.1) is 0 Å². The lowest BCUT2D eigenvalue weighted by molar-refractivity contribution is -0.139. The van der Waals surface area contributed by atoms with E-state index in [9.17, 15) is 9.59 Å². The van der Waals surface area contributed by atoms with Crippen molar-refractivity contribution in [3.8, 4) is 21.9 Å². The summed E-state index contributed by atoms with van der Waals surface area (Å²) in [5.74, 6) is 0.0516. The molecule has 6 nitrogen and oxygen atoms in total. The van der Waals surface area contributed by atoms with E-state index in [4.69, 9.17) is 9.47 Å². The summed E-state index contributed by atoms with van der Waals surface area (Å²) in [5, 5.41) is 9.45. The van der Waals surface area contributed by atoms with Gasteiger partial charge in [-0.05, 0) is 53.1 Å². The van der Waals surface area contributed by atoms with E-state index < -0.39 is 11.8 Å². The molecule has 0 unspecified atom stereocenters. The second-order valence-corrected chi connectivity index (χ2v) is 8.10. The van der Waals surface area contributed by atoms with Gasteiger partial charge in [0.15, 0.2) is 11.5 Å². The molecule has 1 aliphatic heterocycles. The van der Waals surface area contributed by atoms with Crippen LogP contribution in [0.1, 0.15) is 10.4 Å². The molecule has 2 aromatic heterocycles. The van der Waals surface area contributed by atoms with Gasteiger partial charge in [-0.15, -0.1) is 11.3 Å². The van der Waals surface area contributed by atoms with Crippen molar-refractivity contribution in [2.24, 2.45) is 0 Å². The van der Waals surface area contributed by atoms with Gasteiger partial charge in [0.05, 0.1) is 0 Å². The number of benzene rings is 1. The Morgan fingerprint density at radius 1 is 1.00 bits per heavy atom. The predicted molar refractivity (Wildman–Crippen MR) is 109 cm³/mol. The Labute approximate surface area is 170 Å². The van der Waals surface area contributed by atoms with Crippen LogP contribution in [0.15, 0.2) is 47.2 Å². The molecular formula is C20H18N2O4S2. The number of fused-ring (bicyclic) bond motifs is 1. The molecule has 0 spiro atoms. The summed E-state index contributed by atoms with van der Waals surface area (Å²) >= 11 is 3.37. The highest BCUT2D eigenvalue weighted by atomic mass is 32.1. The Morgan fingerprint density at radius 2 is 1.86 bits per heavy atom. The molecule has 2 amide bonds. The lowest BCUT2D eigenvalue weighted by Gasteiger charge is -2.07. The van der Waals surface area contributed by atoms with Crippen molar-refractivity contribution in [2.75, 3.05) is 13.3 Å². The number of ether oxygens (including phenoxy) is 2. The molecule has 0 saturated carbocycles. The van der Waals surface area contributed by atoms with Gasteiger partial charge in [-0.3, -0.25) is 9.59 Å². The van der Waals surface area contributed by atoms with Crippen molar-refractivity contribution in [3.63, 3.8) is 0 Å². The molecule has 2 N–H and O–H groups in total. The van der Waals surface area contributed by atoms with E-state index >= 15 is 0 Å². The first-order valence-corrected chi connectivity index (χ1v) is 10.5. The van der Waals surface area contributed by atoms with Gasteiger partial charge in [-0.25, -0.2) is 0 Å². The SMILES string of the molecule is O=C(NCCc1ccc(-c2ccsc2)s1)C(=O)NCc1ccc2c(c1)OCO2. The third-order valence-corrected chi connectivity index (χ3v) is 6.10. The summed E-state index contributed by atoms with van der Waals surface area (Å²) in [6.07, 6.45) is 0.690. The van der Waals surface area contributed by atoms with Crippen molar-refractivity contribution in [1.29, 1.82) is 0 Å². The van der Waals surface area contributed by atoms with E-state index in [2.05, 4.69) is 39.6 Å². The predicted octanol–water partition coefficient (Wildman–Crippen LogP) is 3.18. The first-order valence-electron chi connectivity index (χ1n) is 8.75. The summed E-state index contributed by atoms with van der Waals surface area (Å²) in [4.78, 5) is 26.3. The van der Waals surface area contributed by atoms with E-state index in [0.717, 1.165) is 5.56 Å². The number of hydrogen-bond donors (Lipinski definition) is 2. The Morgan fingerprint density at radius 3 is 2.71 bits per heavy atom. The largest absolute Gasteiger partial charge is 0.454 e. The molecule has 28 heavy (non-hydrogen) atoms. The molecule has 0 atom stereocenters. The zero-order valence-electron chi connectivity index (χ0n) is 14.9. The van der Waals surface area contributed by atoms with Crippen molar-refractivity contribution in [1.82, 2.24) is 10.6 Å². The zero-order valence-corrected chi connectivity index (χ0v) is 16.5. The van der Waals surface area contributed by atoms with Gasteiger partial charge in [0.25, 0.3) is 0 Å². The maximum Gasteiger partial charge on any atom is 0.309 e. The van der Waals surface area contributed by atoms with E-state index in [1.165, 1.54) is 15.3 Å². The average Bonchev–Trinajstić information content (AvgIpc) is 3.46. The maximum absolute atomic E-state index is 12.0. The fraction of sp³-hybridized carbons (Fsp3) is 0.200. The van der Waals surface area contributed by atoms with Crippen molar-refractivity contribution in [2.45, 2.75) is 13.0 Å². The topological polar surface area (TPSA) is 76.7 Å². The van der Waals surface area contributed by atoms with Crippen molar-refractivity contribution >= 4 is 34.5 Å². The van der Waals surface area contributed by atoms with Crippen LogP contribution in [-0.4, -0.2) is 25.2 Å². The number of nitrogens with one attached hydrogen (secondary N) is 2. The van der Waals surface area contributed by atoms with E-state index in [1.807, 2.05) is 6.07 Å². The molecule has 0 fully saturated rings. The number of amides is 2. The highest BCUT2D eigenvalue weighted by Gasteiger charge is 2.15. The summed E-state index contributed by atoms with van der Waals surface area (Å²) in [5.41, 5.74) is 2.05. The standard InChI is InChI=1S/C20H18N2O4S2/c23-19(20(24)22-10-13-1-3-16-17(9-13)26-12-25-16)21-7-5-15-2-4-18(28-15)14-6-8-27-11-14/h1-4,6,8-9,11H,5,7,10,12H2,(H,21,23)(H,22,24). The number of hydrogen-bond acceptors (Lipinski definition) is 6. The van der Waals surface area contributed by atoms with Gasteiger partial charge < -0.3 is 20.1 Å². The molecule has 1 aliphatic rings. The summed E-state index contributed by atoms with van der Waals surface area (Å²) in [7, 11) is 0. The van der Waals surface area contributed by atoms with Crippen LogP contribution in [0.2, 0.25) is 0 Å². The fourth-order valence-electron chi connectivity index (χ4n) is 2.77. The van der Waals surface area contributed by atoms with Gasteiger partial charge in [0, 0.05) is 28.4 Å². The summed E-state index contributed by atoms with van der Waals surface area (Å²) in [6.45, 7) is 0.865. The summed E-state index contributed by atoms with van der Waals surface area (Å²) in [6, 6.07) is 11.6. The minimum absolute atomic E-state index is 0.201. The van der Waals surface area contributed by atoms with Crippen LogP contribution in [0.25, 0.3) is 10.4 Å². The lowest BCUT2D eigenvalue weighted by Crippen LogP contribution is -2.40. The highest BCUT2D eigenvalue weighted by molar-refractivity contribution is 7.16. The Balaban J connectivity index is 1.21. The van der Waals surface area contributed by atoms with E-state index in [-0.39, 0.29) is 13.3 Å². The van der Waals surface area contributed by atoms with E-state index in [0.29, 0.717) is 24.5 Å². The molecule has 4 rings (SSSR count). The molecule has 0 aliphatic carbocycles. The first kappa shape index (κ1) is 18.5. The summed E-state index contributed by atoms with van der Waals surface area (Å²) < 4.78 is 10.5. The zero-order chi connectivity index (χ0) is 19.3. The molecular weight excluding hydrogens is 396 g/mol. The van der Waals surface area contributed by atoms with Gasteiger partial charge in [0.1, 0.15) is 0 Å². The number of carbonyl (C=O) groups excluding carboxylic acids is 2. The second-order valence-electron chi connectivity index (χ2n) is 6.15. The third kappa shape index (κ3) is 4.35. The molecule has 1 aromatic carbocycles. The van der Waals surface area contributed by atoms with Crippen LogP contribution in [0.3, 0.4) is 0 Å². The Kier molecular flexibility index (Phi) is 5.59. The Hall–Kier alpha value is -2.84. The van der Waals surface area contributed by atoms with Crippen LogP contribution in [-0.2, 0) is 22.6 Å². The molecule has 3 aromatic rings. The molecule has 144 valence electrons. The highest BCUT2D eigenvalue weighted by Crippen LogP contribution is 2.32. The smallest absolute Gasteiger partial charge is 0.309 e. The number of carbonyl (C=O) groups is 2. The monoisotopic (exact) mass is 414 g/mol. The quantitative estimate of drug-likeness (QED) is 0.608. The van der Waals surface area contributed by atoms with Crippen LogP contribution >= 0.6 is 22.7 Å². The lowest BCUT2D eigenvalue weighted by atomic mass is 10.2. The normalized spacial score (nSPS) is 12.0. The average molecular weight is 415 g/mol. The Bertz CT molecular complexity index is 982. The second kappa shape index (κ2) is 8.45. The molecule has 0 saturated heterocycles. The van der Waals surface area contributed by atoms with Crippen LogP contribution < -0.4 is 20.1 Å². The fourth-order valence-corrected chi connectivity index (χ4v) is 4.50. The van der Waals surface area contributed by atoms with Crippen LogP contribution in [0.5, 0.6) is 11.5 Å². The minimum atomic E-state index is -0.650.